The second kappa shape index (κ2) is 8.67. The number of cyclic esters (lactones) is 1. The van der Waals surface area contributed by atoms with Crippen molar-refractivity contribution in [3.05, 3.63) is 58.0 Å². The highest BCUT2D eigenvalue weighted by Gasteiger charge is 2.32. The van der Waals surface area contributed by atoms with Crippen molar-refractivity contribution < 1.29 is 33.1 Å². The molecule has 0 fully saturated rings. The van der Waals surface area contributed by atoms with E-state index in [0.717, 1.165) is 0 Å². The van der Waals surface area contributed by atoms with Gasteiger partial charge in [-0.15, -0.1) is 0 Å². The molecule has 0 spiro atoms. The second-order valence-electron chi connectivity index (χ2n) is 5.94. The van der Waals surface area contributed by atoms with Gasteiger partial charge in [-0.2, -0.15) is 5.26 Å². The summed E-state index contributed by atoms with van der Waals surface area (Å²) in [7, 11) is 0.644. The monoisotopic (exact) mass is 428 g/mol. The smallest absolute Gasteiger partial charge is 0.343 e. The van der Waals surface area contributed by atoms with Crippen molar-refractivity contribution in [3.63, 3.8) is 0 Å². The fraction of sp³-hybridized carbons (Fsp3) is 0.150. The van der Waals surface area contributed by atoms with Crippen molar-refractivity contribution in [1.82, 2.24) is 0 Å². The first-order valence-electron chi connectivity index (χ1n) is 8.49. The molecule has 0 bridgehead atoms. The van der Waals surface area contributed by atoms with Crippen LogP contribution in [0.25, 0.3) is 5.57 Å². The van der Waals surface area contributed by atoms with Crippen molar-refractivity contribution >= 4 is 34.2 Å². The number of para-hydroxylation sites is 1. The minimum Gasteiger partial charge on any atom is -0.493 e. The number of nitrogens with one attached hydrogen (secondary N) is 1. The molecule has 30 heavy (non-hydrogen) atoms. The molecule has 1 aliphatic rings. The van der Waals surface area contributed by atoms with E-state index in [0.29, 0.717) is 11.3 Å². The number of ether oxygens (including phenoxy) is 3. The molecular formula is C20H16N2O7S. The summed E-state index contributed by atoms with van der Waals surface area (Å²) in [5.41, 5.74) is 0.564. The first-order valence-corrected chi connectivity index (χ1v) is 9.64. The molecule has 1 atom stereocenters. The van der Waals surface area contributed by atoms with Gasteiger partial charge >= 0.3 is 11.9 Å². The number of carbonyl (C=O) groups is 2. The van der Waals surface area contributed by atoms with Crippen LogP contribution in [0, 0.1) is 11.3 Å². The lowest BCUT2D eigenvalue weighted by atomic mass is 9.96. The maximum atomic E-state index is 12.9. The number of carboxylic acid groups (broad SMARTS) is 1. The Morgan fingerprint density at radius 2 is 1.97 bits per heavy atom. The fourth-order valence-corrected chi connectivity index (χ4v) is 3.94. The highest BCUT2D eigenvalue weighted by molar-refractivity contribution is 7.90. The number of carboxylic acids is 1. The van der Waals surface area contributed by atoms with E-state index in [1.165, 1.54) is 32.4 Å². The van der Waals surface area contributed by atoms with Crippen LogP contribution in [-0.4, -0.2) is 42.1 Å². The Balaban J connectivity index is 2.11. The van der Waals surface area contributed by atoms with E-state index >= 15 is 0 Å². The number of carbonyl (C=O) groups excluding carboxylic acids is 1. The van der Waals surface area contributed by atoms with E-state index in [1.807, 2.05) is 6.07 Å². The van der Waals surface area contributed by atoms with Gasteiger partial charge in [0.25, 0.3) is 0 Å². The Labute approximate surface area is 174 Å². The molecule has 2 aromatic rings. The van der Waals surface area contributed by atoms with Gasteiger partial charge in [0.2, 0.25) is 0 Å². The van der Waals surface area contributed by atoms with Crippen molar-refractivity contribution in [1.29, 1.82) is 5.26 Å². The lowest BCUT2D eigenvalue weighted by Gasteiger charge is -2.23. The summed E-state index contributed by atoms with van der Waals surface area (Å²) in [5.74, 6) is -1.46. The van der Waals surface area contributed by atoms with Crippen LogP contribution in [-0.2, 0) is 15.7 Å². The van der Waals surface area contributed by atoms with E-state index in [1.54, 1.807) is 18.2 Å². The Bertz CT molecular complexity index is 1130. The minimum atomic E-state index is -2.13. The normalized spacial score (nSPS) is 15.2. The number of nitrogens with zero attached hydrogens (tertiary/aromatic N) is 1. The predicted molar refractivity (Wildman–Crippen MR) is 108 cm³/mol. The highest BCUT2D eigenvalue weighted by atomic mass is 32.2. The summed E-state index contributed by atoms with van der Waals surface area (Å²) in [5, 5.41) is 19.0. The van der Waals surface area contributed by atoms with Crippen LogP contribution in [0.3, 0.4) is 0 Å². The lowest BCUT2D eigenvalue weighted by Crippen LogP contribution is -2.21. The van der Waals surface area contributed by atoms with Gasteiger partial charge in [-0.05, 0) is 24.3 Å². The number of methoxy groups -OCH3 is 2. The van der Waals surface area contributed by atoms with Gasteiger partial charge in [-0.1, -0.05) is 12.1 Å². The van der Waals surface area contributed by atoms with Gasteiger partial charge in [0.15, 0.2) is 22.5 Å². The fourth-order valence-electron chi connectivity index (χ4n) is 2.99. The molecule has 0 aromatic heterocycles. The molecule has 1 aliphatic heterocycles. The zero-order chi connectivity index (χ0) is 21.8. The summed E-state index contributed by atoms with van der Waals surface area (Å²) in [6.07, 6.45) is 0. The molecular weight excluding hydrogens is 412 g/mol. The molecule has 10 heteroatoms. The molecule has 0 saturated carbocycles. The van der Waals surface area contributed by atoms with Gasteiger partial charge < -0.3 is 19.3 Å². The number of benzene rings is 2. The van der Waals surface area contributed by atoms with Gasteiger partial charge in [0.1, 0.15) is 23.1 Å². The molecule has 3 rings (SSSR count). The quantitative estimate of drug-likeness (QED) is 0.529. The molecule has 1 heterocycles. The van der Waals surface area contributed by atoms with Gasteiger partial charge in [-0.3, -0.25) is 4.72 Å². The molecule has 2 aromatic carbocycles. The molecule has 154 valence electrons. The van der Waals surface area contributed by atoms with Gasteiger partial charge in [0, 0.05) is 11.1 Å². The first kappa shape index (κ1) is 20.9. The van der Waals surface area contributed by atoms with Crippen LogP contribution in [0.4, 0.5) is 5.69 Å². The SMILES string of the molecule is COc1ccc2c(c1OC)C(=O)OC/C2=C(/C#N)S(=O)Nc1ccccc1C(=O)O. The lowest BCUT2D eigenvalue weighted by molar-refractivity contribution is 0.0537. The van der Waals surface area contributed by atoms with Crippen LogP contribution in [0.5, 0.6) is 11.5 Å². The minimum absolute atomic E-state index is 0.0498. The van der Waals surface area contributed by atoms with Crippen molar-refractivity contribution in [2.75, 3.05) is 25.5 Å². The Hall–Kier alpha value is -3.84. The number of nitriles is 1. The number of aromatic carboxylic acids is 1. The number of hydrogen-bond acceptors (Lipinski definition) is 7. The third kappa shape index (κ3) is 3.70. The Kier molecular flexibility index (Phi) is 6.03. The van der Waals surface area contributed by atoms with Crippen LogP contribution in [0.2, 0.25) is 0 Å². The molecule has 1 unspecified atom stereocenters. The summed E-state index contributed by atoms with van der Waals surface area (Å²) >= 11 is 0. The van der Waals surface area contributed by atoms with E-state index < -0.39 is 22.9 Å². The van der Waals surface area contributed by atoms with E-state index in [4.69, 9.17) is 14.2 Å². The average Bonchev–Trinajstić information content (AvgIpc) is 2.75. The van der Waals surface area contributed by atoms with Crippen molar-refractivity contribution in [3.8, 4) is 17.6 Å². The average molecular weight is 428 g/mol. The summed E-state index contributed by atoms with van der Waals surface area (Å²) in [4.78, 5) is 23.5. The zero-order valence-corrected chi connectivity index (χ0v) is 16.7. The van der Waals surface area contributed by atoms with Gasteiger partial charge in [-0.25, -0.2) is 13.8 Å². The Morgan fingerprint density at radius 1 is 1.23 bits per heavy atom. The number of esters is 1. The largest absolute Gasteiger partial charge is 0.493 e. The van der Waals surface area contributed by atoms with Crippen LogP contribution >= 0.6 is 0 Å². The highest BCUT2D eigenvalue weighted by Crippen LogP contribution is 2.40. The molecule has 0 radical (unpaired) electrons. The zero-order valence-electron chi connectivity index (χ0n) is 15.9. The molecule has 9 nitrogen and oxygen atoms in total. The van der Waals surface area contributed by atoms with Crippen LogP contribution in [0.1, 0.15) is 26.3 Å². The van der Waals surface area contributed by atoms with Crippen LogP contribution in [0.15, 0.2) is 41.3 Å². The number of fused-ring (bicyclic) bond motifs is 1. The number of anilines is 1. The topological polar surface area (TPSA) is 135 Å². The number of hydrogen-bond donors (Lipinski definition) is 2. The summed E-state index contributed by atoms with van der Waals surface area (Å²) < 4.78 is 31.1. The standard InChI is InChI=1S/C20H16N2O7S/c1-27-15-8-7-11-13(10-29-20(25)17(11)18(15)28-2)16(9-21)30(26)22-14-6-4-3-5-12(14)19(23)24/h3-8,22H,10H2,1-2H3,(H,23,24)/b16-13+. The summed E-state index contributed by atoms with van der Waals surface area (Å²) in [6, 6.07) is 10.8. The van der Waals surface area contributed by atoms with Crippen molar-refractivity contribution in [2.45, 2.75) is 0 Å². The molecule has 2 N–H and O–H groups in total. The third-order valence-corrected chi connectivity index (χ3v) is 5.46. The third-order valence-electron chi connectivity index (χ3n) is 4.34. The van der Waals surface area contributed by atoms with E-state index in [9.17, 15) is 24.2 Å². The van der Waals surface area contributed by atoms with Crippen molar-refractivity contribution in [2.24, 2.45) is 0 Å². The van der Waals surface area contributed by atoms with E-state index in [2.05, 4.69) is 4.72 Å². The second-order valence-corrected chi connectivity index (χ2v) is 7.09. The Morgan fingerprint density at radius 3 is 2.60 bits per heavy atom. The molecule has 0 aliphatic carbocycles. The number of allylic oxidation sites excluding steroid dienone is 1. The first-order chi connectivity index (χ1) is 14.4. The maximum absolute atomic E-state index is 12.9. The molecule has 0 amide bonds. The predicted octanol–water partition coefficient (Wildman–Crippen LogP) is 2.58. The molecule has 0 saturated heterocycles. The van der Waals surface area contributed by atoms with Gasteiger partial charge in [0.05, 0.1) is 25.5 Å². The number of rotatable bonds is 6. The maximum Gasteiger partial charge on any atom is 0.343 e. The van der Waals surface area contributed by atoms with Crippen LogP contribution < -0.4 is 14.2 Å². The van der Waals surface area contributed by atoms with E-state index in [-0.39, 0.29) is 39.6 Å². The summed E-state index contributed by atoms with van der Waals surface area (Å²) in [6.45, 7) is -0.280.